The van der Waals surface area contributed by atoms with E-state index in [2.05, 4.69) is 10.3 Å². The van der Waals surface area contributed by atoms with Gasteiger partial charge < -0.3 is 10.2 Å². The van der Waals surface area contributed by atoms with Crippen molar-refractivity contribution in [2.24, 2.45) is 0 Å². The highest BCUT2D eigenvalue weighted by molar-refractivity contribution is 7.15. The van der Waals surface area contributed by atoms with Gasteiger partial charge in [0.2, 0.25) is 0 Å². The Morgan fingerprint density at radius 1 is 1.44 bits per heavy atom. The molecular weight excluding hydrogens is 263 g/mol. The molecule has 0 amide bonds. The van der Waals surface area contributed by atoms with Crippen LogP contribution in [-0.4, -0.2) is 30.8 Å². The molecular formula is C11H16F3N3S. The number of anilines is 1. The van der Waals surface area contributed by atoms with E-state index < -0.39 is 12.7 Å². The molecule has 0 radical (unpaired) electrons. The lowest BCUT2D eigenvalue weighted by Gasteiger charge is -2.17. The zero-order valence-corrected chi connectivity index (χ0v) is 11.2. The molecule has 0 saturated heterocycles. The highest BCUT2D eigenvalue weighted by Crippen LogP contribution is 2.28. The van der Waals surface area contributed by atoms with Crippen molar-refractivity contribution in [2.45, 2.75) is 38.5 Å². The Labute approximate surface area is 108 Å². The van der Waals surface area contributed by atoms with Crippen LogP contribution in [-0.2, 0) is 6.54 Å². The number of halogens is 3. The van der Waals surface area contributed by atoms with Gasteiger partial charge in [-0.1, -0.05) is 0 Å². The molecule has 1 aromatic rings. The number of alkyl halides is 3. The third kappa shape index (κ3) is 3.84. The van der Waals surface area contributed by atoms with Crippen molar-refractivity contribution in [3.63, 3.8) is 0 Å². The molecule has 0 atom stereocenters. The first kappa shape index (κ1) is 13.6. The molecule has 0 aliphatic heterocycles. The first-order valence-corrected chi connectivity index (χ1v) is 6.64. The summed E-state index contributed by atoms with van der Waals surface area (Å²) >= 11 is 1.33. The van der Waals surface area contributed by atoms with Gasteiger partial charge in [-0.3, -0.25) is 0 Å². The minimum absolute atomic E-state index is 0.428. The Bertz CT molecular complexity index is 412. The Morgan fingerprint density at radius 2 is 2.11 bits per heavy atom. The second-order valence-corrected chi connectivity index (χ2v) is 5.69. The van der Waals surface area contributed by atoms with E-state index in [0.717, 1.165) is 15.5 Å². The summed E-state index contributed by atoms with van der Waals surface area (Å²) in [4.78, 5) is 6.37. The number of nitrogens with one attached hydrogen (secondary N) is 1. The molecule has 102 valence electrons. The van der Waals surface area contributed by atoms with Gasteiger partial charge in [0.15, 0.2) is 5.13 Å². The van der Waals surface area contributed by atoms with Crippen molar-refractivity contribution in [3.8, 4) is 0 Å². The van der Waals surface area contributed by atoms with E-state index in [1.807, 2.05) is 6.92 Å². The van der Waals surface area contributed by atoms with E-state index in [1.54, 1.807) is 0 Å². The number of aromatic nitrogens is 1. The van der Waals surface area contributed by atoms with Crippen LogP contribution in [0.5, 0.6) is 0 Å². The van der Waals surface area contributed by atoms with Crippen LogP contribution in [0.3, 0.4) is 0 Å². The molecule has 1 aliphatic rings. The van der Waals surface area contributed by atoms with Gasteiger partial charge in [-0.05, 0) is 19.8 Å². The Kier molecular flexibility index (Phi) is 3.82. The van der Waals surface area contributed by atoms with Crippen LogP contribution >= 0.6 is 11.3 Å². The molecule has 1 N–H and O–H groups in total. The maximum absolute atomic E-state index is 12.3. The molecule has 0 unspecified atom stereocenters. The van der Waals surface area contributed by atoms with Gasteiger partial charge in [-0.2, -0.15) is 13.2 Å². The summed E-state index contributed by atoms with van der Waals surface area (Å²) in [5.41, 5.74) is 0.817. The van der Waals surface area contributed by atoms with Crippen molar-refractivity contribution in [1.29, 1.82) is 0 Å². The average molecular weight is 279 g/mol. The molecule has 0 spiro atoms. The molecule has 1 aromatic heterocycles. The van der Waals surface area contributed by atoms with E-state index in [9.17, 15) is 13.2 Å². The van der Waals surface area contributed by atoms with Crippen molar-refractivity contribution >= 4 is 16.5 Å². The number of hydrogen-bond donors (Lipinski definition) is 1. The topological polar surface area (TPSA) is 28.2 Å². The van der Waals surface area contributed by atoms with Gasteiger partial charge in [0.1, 0.15) is 6.54 Å². The lowest BCUT2D eigenvalue weighted by molar-refractivity contribution is -0.119. The zero-order valence-electron chi connectivity index (χ0n) is 10.3. The van der Waals surface area contributed by atoms with Gasteiger partial charge in [0.25, 0.3) is 0 Å². The molecule has 1 saturated carbocycles. The Balaban J connectivity index is 1.97. The summed E-state index contributed by atoms with van der Waals surface area (Å²) < 4.78 is 36.9. The van der Waals surface area contributed by atoms with Crippen LogP contribution < -0.4 is 10.2 Å². The molecule has 0 aromatic carbocycles. The van der Waals surface area contributed by atoms with Crippen molar-refractivity contribution in [1.82, 2.24) is 10.3 Å². The van der Waals surface area contributed by atoms with Gasteiger partial charge in [-0.15, -0.1) is 11.3 Å². The van der Waals surface area contributed by atoms with Gasteiger partial charge in [-0.25, -0.2) is 4.98 Å². The monoisotopic (exact) mass is 279 g/mol. The summed E-state index contributed by atoms with van der Waals surface area (Å²) in [7, 11) is 1.42. The number of thiazole rings is 1. The maximum atomic E-state index is 12.3. The first-order chi connectivity index (χ1) is 8.35. The third-order valence-corrected chi connectivity index (χ3v) is 4.02. The summed E-state index contributed by atoms with van der Waals surface area (Å²) in [6, 6.07) is 0.586. The number of rotatable bonds is 5. The lowest BCUT2D eigenvalue weighted by atomic mass is 10.4. The smallest absolute Gasteiger partial charge is 0.342 e. The van der Waals surface area contributed by atoms with E-state index >= 15 is 0 Å². The van der Waals surface area contributed by atoms with Crippen molar-refractivity contribution in [2.75, 3.05) is 18.5 Å². The van der Waals surface area contributed by atoms with Crippen LogP contribution in [0.4, 0.5) is 18.3 Å². The molecule has 1 fully saturated rings. The molecule has 0 bridgehead atoms. The summed E-state index contributed by atoms with van der Waals surface area (Å²) in [5.74, 6) is 0. The van der Waals surface area contributed by atoms with Crippen LogP contribution in [0.1, 0.15) is 23.4 Å². The minimum Gasteiger partial charge on any atom is -0.342 e. The largest absolute Gasteiger partial charge is 0.405 e. The zero-order chi connectivity index (χ0) is 13.3. The maximum Gasteiger partial charge on any atom is 0.405 e. The van der Waals surface area contributed by atoms with Gasteiger partial charge in [0.05, 0.1) is 5.69 Å². The molecule has 7 heteroatoms. The summed E-state index contributed by atoms with van der Waals surface area (Å²) in [5, 5.41) is 3.77. The fourth-order valence-corrected chi connectivity index (χ4v) is 2.57. The predicted molar refractivity (Wildman–Crippen MR) is 66.0 cm³/mol. The predicted octanol–water partition coefficient (Wildman–Crippen LogP) is 2.70. The summed E-state index contributed by atoms with van der Waals surface area (Å²) in [6.07, 6.45) is -1.81. The van der Waals surface area contributed by atoms with Gasteiger partial charge >= 0.3 is 6.18 Å². The average Bonchev–Trinajstić information content (AvgIpc) is 2.97. The third-order valence-electron chi connectivity index (χ3n) is 2.75. The quantitative estimate of drug-likeness (QED) is 0.898. The molecule has 1 heterocycles. The van der Waals surface area contributed by atoms with Crippen LogP contribution in [0.15, 0.2) is 0 Å². The van der Waals surface area contributed by atoms with E-state index in [-0.39, 0.29) is 0 Å². The fraction of sp³-hybridized carbons (Fsp3) is 0.727. The number of aryl methyl sites for hydroxylation is 1. The van der Waals surface area contributed by atoms with E-state index in [0.29, 0.717) is 17.7 Å². The van der Waals surface area contributed by atoms with Crippen LogP contribution in [0.25, 0.3) is 0 Å². The van der Waals surface area contributed by atoms with Crippen molar-refractivity contribution < 1.29 is 13.2 Å². The highest BCUT2D eigenvalue weighted by Gasteiger charge is 2.30. The minimum atomic E-state index is -4.19. The Hall–Kier alpha value is -0.820. The highest BCUT2D eigenvalue weighted by atomic mass is 32.1. The lowest BCUT2D eigenvalue weighted by Crippen LogP contribution is -2.30. The molecule has 2 rings (SSSR count). The standard InChI is InChI=1S/C11H16F3N3S/c1-7-9(5-15-8-3-4-8)18-10(16-7)17(2)6-11(12,13)14/h8,15H,3-6H2,1-2H3. The molecule has 18 heavy (non-hydrogen) atoms. The van der Waals surface area contributed by atoms with E-state index in [1.165, 1.54) is 31.2 Å². The SMILES string of the molecule is Cc1nc(N(C)CC(F)(F)F)sc1CNC1CC1. The number of hydrogen-bond acceptors (Lipinski definition) is 4. The van der Waals surface area contributed by atoms with Crippen molar-refractivity contribution in [3.05, 3.63) is 10.6 Å². The second-order valence-electron chi connectivity index (χ2n) is 4.63. The van der Waals surface area contributed by atoms with E-state index in [4.69, 9.17) is 0 Å². The van der Waals surface area contributed by atoms with Crippen LogP contribution in [0, 0.1) is 6.92 Å². The Morgan fingerprint density at radius 3 is 2.67 bits per heavy atom. The first-order valence-electron chi connectivity index (χ1n) is 5.83. The van der Waals surface area contributed by atoms with Crippen LogP contribution in [0.2, 0.25) is 0 Å². The van der Waals surface area contributed by atoms with Gasteiger partial charge in [0, 0.05) is 24.5 Å². The number of nitrogens with zero attached hydrogens (tertiary/aromatic N) is 2. The molecule has 1 aliphatic carbocycles. The fourth-order valence-electron chi connectivity index (χ4n) is 1.60. The molecule has 3 nitrogen and oxygen atoms in total. The summed E-state index contributed by atoms with van der Waals surface area (Å²) in [6.45, 7) is 1.58. The normalized spacial score (nSPS) is 16.1. The second kappa shape index (κ2) is 5.05.